The minimum atomic E-state index is -0.0538. The fourth-order valence-corrected chi connectivity index (χ4v) is 5.26. The fraction of sp³-hybridized carbons (Fsp3) is 0.250. The first kappa shape index (κ1) is 23.0. The molecule has 0 N–H and O–H groups in total. The highest BCUT2D eigenvalue weighted by atomic mass is 32.2. The van der Waals surface area contributed by atoms with Crippen LogP contribution >= 0.6 is 23.1 Å². The van der Waals surface area contributed by atoms with E-state index < -0.39 is 0 Å². The summed E-state index contributed by atoms with van der Waals surface area (Å²) in [4.78, 5) is 18.9. The molecule has 1 amide bonds. The molecule has 0 fully saturated rings. The third-order valence-electron chi connectivity index (χ3n) is 5.19. The Morgan fingerprint density at radius 2 is 1.91 bits per heavy atom. The lowest BCUT2D eigenvalue weighted by Gasteiger charge is -2.20. The molecule has 170 valence electrons. The van der Waals surface area contributed by atoms with Crippen molar-refractivity contribution in [1.29, 1.82) is 0 Å². The van der Waals surface area contributed by atoms with E-state index in [1.165, 1.54) is 11.3 Å². The first-order valence-corrected chi connectivity index (χ1v) is 12.4. The minimum absolute atomic E-state index is 0.0538. The molecule has 0 aliphatic carbocycles. The summed E-state index contributed by atoms with van der Waals surface area (Å²) in [6.45, 7) is 3.66. The normalized spacial score (nSPS) is 10.9. The molecule has 4 aromatic rings. The first-order chi connectivity index (χ1) is 16.0. The van der Waals surface area contributed by atoms with E-state index >= 15 is 0 Å². The lowest BCUT2D eigenvalue weighted by Crippen LogP contribution is -2.23. The van der Waals surface area contributed by atoms with Crippen LogP contribution in [-0.4, -0.2) is 32.8 Å². The number of benzene rings is 2. The van der Waals surface area contributed by atoms with Gasteiger partial charge in [-0.2, -0.15) is 0 Å². The van der Waals surface area contributed by atoms with Crippen molar-refractivity contribution in [2.24, 2.45) is 7.05 Å². The smallest absolute Gasteiger partial charge is 0.230 e. The zero-order chi connectivity index (χ0) is 23.4. The summed E-state index contributed by atoms with van der Waals surface area (Å²) in [6.07, 6.45) is 0.844. The van der Waals surface area contributed by atoms with Crippen LogP contribution in [-0.2, 0) is 24.0 Å². The molecule has 0 atom stereocenters. The number of thiazole rings is 1. The van der Waals surface area contributed by atoms with Crippen LogP contribution in [0.15, 0.2) is 59.1 Å². The van der Waals surface area contributed by atoms with Gasteiger partial charge in [-0.15, -0.1) is 21.5 Å². The Morgan fingerprint density at radius 3 is 2.61 bits per heavy atom. The monoisotopic (exact) mass is 479 g/mol. The van der Waals surface area contributed by atoms with Gasteiger partial charge >= 0.3 is 0 Å². The molecular formula is C24H25N5O2S2. The number of hydrogen-bond acceptors (Lipinski definition) is 7. The summed E-state index contributed by atoms with van der Waals surface area (Å²) in [5, 5.41) is 12.2. The van der Waals surface area contributed by atoms with E-state index in [0.717, 1.165) is 45.7 Å². The van der Waals surface area contributed by atoms with Gasteiger partial charge in [0.2, 0.25) is 5.91 Å². The molecule has 0 saturated carbocycles. The summed E-state index contributed by atoms with van der Waals surface area (Å²) in [5.74, 6) is 2.17. The van der Waals surface area contributed by atoms with Crippen molar-refractivity contribution in [3.8, 4) is 17.1 Å². The van der Waals surface area contributed by atoms with E-state index in [2.05, 4.69) is 17.1 Å². The molecule has 2 aromatic carbocycles. The van der Waals surface area contributed by atoms with Gasteiger partial charge in [0.25, 0.3) is 0 Å². The van der Waals surface area contributed by atoms with Crippen molar-refractivity contribution in [3.63, 3.8) is 0 Å². The van der Waals surface area contributed by atoms with Crippen LogP contribution < -0.4 is 9.64 Å². The molecule has 2 aromatic heterocycles. The summed E-state index contributed by atoms with van der Waals surface area (Å²) in [6, 6.07) is 15.7. The van der Waals surface area contributed by atoms with E-state index in [1.807, 2.05) is 65.5 Å². The number of carbonyl (C=O) groups excluding carboxylic acids is 1. The molecule has 33 heavy (non-hydrogen) atoms. The number of anilines is 2. The zero-order valence-corrected chi connectivity index (χ0v) is 20.6. The highest BCUT2D eigenvalue weighted by molar-refractivity contribution is 7.98. The van der Waals surface area contributed by atoms with Gasteiger partial charge in [0.15, 0.2) is 16.1 Å². The Labute approximate surface area is 201 Å². The van der Waals surface area contributed by atoms with Crippen LogP contribution in [0.25, 0.3) is 11.4 Å². The maximum absolute atomic E-state index is 12.5. The number of para-hydroxylation sites is 1. The highest BCUT2D eigenvalue weighted by Crippen LogP contribution is 2.33. The molecule has 0 aliphatic rings. The number of methoxy groups -OCH3 is 1. The van der Waals surface area contributed by atoms with Crippen LogP contribution in [0.1, 0.15) is 25.1 Å². The van der Waals surface area contributed by atoms with Crippen molar-refractivity contribution in [3.05, 3.63) is 65.2 Å². The minimum Gasteiger partial charge on any atom is -0.497 e. The topological polar surface area (TPSA) is 73.1 Å². The van der Waals surface area contributed by atoms with Gasteiger partial charge < -0.3 is 9.30 Å². The Kier molecular flexibility index (Phi) is 7.10. The maximum Gasteiger partial charge on any atom is 0.230 e. The number of ether oxygens (including phenoxy) is 1. The number of thioether (sulfide) groups is 1. The molecule has 0 saturated heterocycles. The average molecular weight is 480 g/mol. The molecule has 9 heteroatoms. The number of hydrogen-bond donors (Lipinski definition) is 0. The lowest BCUT2D eigenvalue weighted by molar-refractivity contribution is -0.115. The van der Waals surface area contributed by atoms with Gasteiger partial charge in [-0.3, -0.25) is 9.69 Å². The van der Waals surface area contributed by atoms with E-state index in [9.17, 15) is 4.79 Å². The molecule has 0 radical (unpaired) electrons. The van der Waals surface area contributed by atoms with E-state index in [0.29, 0.717) is 10.9 Å². The maximum atomic E-state index is 12.5. The predicted molar refractivity (Wildman–Crippen MR) is 133 cm³/mol. The van der Waals surface area contributed by atoms with Gasteiger partial charge in [-0.25, -0.2) is 4.98 Å². The molecule has 0 bridgehead atoms. The number of rotatable bonds is 8. The van der Waals surface area contributed by atoms with Crippen LogP contribution in [0.5, 0.6) is 5.75 Å². The molecule has 2 heterocycles. The second-order valence-electron chi connectivity index (χ2n) is 7.34. The Morgan fingerprint density at radius 1 is 1.15 bits per heavy atom. The van der Waals surface area contributed by atoms with E-state index in [-0.39, 0.29) is 5.91 Å². The van der Waals surface area contributed by atoms with Gasteiger partial charge in [0, 0.05) is 30.7 Å². The average Bonchev–Trinajstić information content (AvgIpc) is 3.44. The van der Waals surface area contributed by atoms with Crippen molar-refractivity contribution in [2.75, 3.05) is 12.0 Å². The van der Waals surface area contributed by atoms with Crippen molar-refractivity contribution >= 4 is 39.8 Å². The van der Waals surface area contributed by atoms with Crippen molar-refractivity contribution in [2.45, 2.75) is 31.2 Å². The van der Waals surface area contributed by atoms with Crippen molar-refractivity contribution in [1.82, 2.24) is 19.7 Å². The predicted octanol–water partition coefficient (Wildman–Crippen LogP) is 5.49. The molecular weight excluding hydrogens is 454 g/mol. The quantitative estimate of drug-likeness (QED) is 0.311. The largest absolute Gasteiger partial charge is 0.497 e. The zero-order valence-electron chi connectivity index (χ0n) is 19.0. The third-order valence-corrected chi connectivity index (χ3v) is 7.12. The number of nitrogens with zero attached hydrogens (tertiary/aromatic N) is 5. The number of aryl methyl sites for hydroxylation is 1. The first-order valence-electron chi connectivity index (χ1n) is 10.5. The van der Waals surface area contributed by atoms with Crippen molar-refractivity contribution < 1.29 is 9.53 Å². The fourth-order valence-electron chi connectivity index (χ4n) is 3.47. The summed E-state index contributed by atoms with van der Waals surface area (Å²) < 4.78 is 7.20. The molecule has 0 aliphatic heterocycles. The van der Waals surface area contributed by atoms with E-state index in [1.54, 1.807) is 30.7 Å². The number of amides is 1. The second kappa shape index (κ2) is 10.2. The summed E-state index contributed by atoms with van der Waals surface area (Å²) >= 11 is 3.04. The van der Waals surface area contributed by atoms with Gasteiger partial charge in [0.05, 0.1) is 18.5 Å². The summed E-state index contributed by atoms with van der Waals surface area (Å²) in [5.41, 5.74) is 3.87. The third kappa shape index (κ3) is 4.94. The van der Waals surface area contributed by atoms with Gasteiger partial charge in [0.1, 0.15) is 5.75 Å². The molecule has 0 spiro atoms. The number of aromatic nitrogens is 4. The van der Waals surface area contributed by atoms with Gasteiger partial charge in [-0.05, 0) is 42.3 Å². The van der Waals surface area contributed by atoms with Crippen LogP contribution in [0.2, 0.25) is 0 Å². The highest BCUT2D eigenvalue weighted by Gasteiger charge is 2.20. The second-order valence-corrected chi connectivity index (χ2v) is 9.12. The SMILES string of the molecule is CCc1ccccc1N(C(C)=O)c1nc(CSc2nnc(-c3ccc(OC)cc3)n2C)cs1. The summed E-state index contributed by atoms with van der Waals surface area (Å²) in [7, 11) is 3.60. The van der Waals surface area contributed by atoms with Crippen LogP contribution in [0, 0.1) is 0 Å². The van der Waals surface area contributed by atoms with Crippen LogP contribution in [0.4, 0.5) is 10.8 Å². The molecule has 0 unspecified atom stereocenters. The molecule has 7 nitrogen and oxygen atoms in total. The Hall–Kier alpha value is -3.17. The van der Waals surface area contributed by atoms with Gasteiger partial charge in [-0.1, -0.05) is 36.9 Å². The Bertz CT molecular complexity index is 1250. The lowest BCUT2D eigenvalue weighted by atomic mass is 10.1. The van der Waals surface area contributed by atoms with E-state index in [4.69, 9.17) is 9.72 Å². The molecule has 4 rings (SSSR count). The van der Waals surface area contributed by atoms with Crippen LogP contribution in [0.3, 0.4) is 0 Å². The Balaban J connectivity index is 1.50. The standard InChI is InChI=1S/C24H25N5O2S2/c1-5-17-8-6-7-9-21(17)29(16(2)30)23-25-19(14-32-23)15-33-24-27-26-22(28(24)3)18-10-12-20(31-4)13-11-18/h6-14H,5,15H2,1-4H3. The number of carbonyl (C=O) groups is 1.